The molecule has 0 spiro atoms. The molecule has 2 aromatic carbocycles. The van der Waals surface area contributed by atoms with Crippen LogP contribution in [0.5, 0.6) is 11.5 Å². The molecule has 0 aromatic heterocycles. The van der Waals surface area contributed by atoms with E-state index >= 15 is 0 Å². The fraction of sp³-hybridized carbons (Fsp3) is 0.167. The van der Waals surface area contributed by atoms with Crippen LogP contribution in [0.15, 0.2) is 51.8 Å². The molecule has 0 N–H and O–H groups in total. The maximum atomic E-state index is 12.5. The fourth-order valence-corrected chi connectivity index (χ4v) is 3.10. The fourth-order valence-electron chi connectivity index (χ4n) is 2.12. The van der Waals surface area contributed by atoms with E-state index in [1.807, 2.05) is 24.3 Å². The molecule has 0 radical (unpaired) electrons. The van der Waals surface area contributed by atoms with E-state index in [-0.39, 0.29) is 5.78 Å². The number of carbonyl (C=O) groups excluding carboxylic acids is 1. The second-order valence-corrected chi connectivity index (χ2v) is 7.17. The Kier molecular flexibility index (Phi) is 6.48. The van der Waals surface area contributed by atoms with Gasteiger partial charge in [-0.15, -0.1) is 0 Å². The van der Waals surface area contributed by atoms with Gasteiger partial charge in [-0.1, -0.05) is 34.1 Å². The maximum absolute atomic E-state index is 12.5. The molecular weight excluding hydrogens is 392 g/mol. The Labute approximate surface area is 152 Å². The SMILES string of the molecule is COc1cc(OC)c([S+](C)[O-])cc1C(=O)/C=C/c1ccc(Br)cc1. The molecule has 6 heteroatoms. The highest BCUT2D eigenvalue weighted by Crippen LogP contribution is 2.32. The monoisotopic (exact) mass is 408 g/mol. The van der Waals surface area contributed by atoms with E-state index in [1.54, 1.807) is 18.2 Å². The summed E-state index contributed by atoms with van der Waals surface area (Å²) in [6.45, 7) is 0. The van der Waals surface area contributed by atoms with Gasteiger partial charge in [-0.3, -0.25) is 4.79 Å². The summed E-state index contributed by atoms with van der Waals surface area (Å²) in [4.78, 5) is 13.0. The highest BCUT2D eigenvalue weighted by molar-refractivity contribution is 9.10. The summed E-state index contributed by atoms with van der Waals surface area (Å²) in [5.41, 5.74) is 1.25. The zero-order valence-electron chi connectivity index (χ0n) is 13.5. The van der Waals surface area contributed by atoms with Crippen LogP contribution >= 0.6 is 15.9 Å². The van der Waals surface area contributed by atoms with Crippen molar-refractivity contribution in [2.75, 3.05) is 20.5 Å². The second kappa shape index (κ2) is 8.37. The molecular formula is C18H17BrO4S. The first kappa shape index (κ1) is 18.6. The standard InChI is InChI=1S/C18H17BrO4S/c1-22-16-11-17(23-2)18(24(3)21)10-14(16)15(20)9-6-12-4-7-13(19)8-5-12/h4-11H,1-3H3/b9-6+. The predicted octanol–water partition coefficient (Wildman–Crippen LogP) is 4.10. The smallest absolute Gasteiger partial charge is 0.195 e. The number of carbonyl (C=O) groups is 1. The van der Waals surface area contributed by atoms with Crippen LogP contribution in [0.3, 0.4) is 0 Å². The van der Waals surface area contributed by atoms with Gasteiger partial charge in [0.15, 0.2) is 16.4 Å². The summed E-state index contributed by atoms with van der Waals surface area (Å²) in [5, 5.41) is 0. The normalized spacial score (nSPS) is 12.2. The number of halogens is 1. The lowest BCUT2D eigenvalue weighted by molar-refractivity contribution is 0.104. The van der Waals surface area contributed by atoms with Gasteiger partial charge < -0.3 is 14.0 Å². The van der Waals surface area contributed by atoms with E-state index in [0.717, 1.165) is 10.0 Å². The summed E-state index contributed by atoms with van der Waals surface area (Å²) in [7, 11) is 2.96. The molecule has 0 aliphatic rings. The van der Waals surface area contributed by atoms with Crippen molar-refractivity contribution in [2.24, 2.45) is 0 Å². The van der Waals surface area contributed by atoms with Crippen LogP contribution in [-0.2, 0) is 11.2 Å². The Bertz CT molecular complexity index is 754. The summed E-state index contributed by atoms with van der Waals surface area (Å²) in [6.07, 6.45) is 4.73. The average Bonchev–Trinajstić information content (AvgIpc) is 2.59. The summed E-state index contributed by atoms with van der Waals surface area (Å²) >= 11 is 2.09. The van der Waals surface area contributed by atoms with Gasteiger partial charge in [-0.05, 0) is 34.9 Å². The lowest BCUT2D eigenvalue weighted by Crippen LogP contribution is -2.06. The van der Waals surface area contributed by atoms with Crippen LogP contribution in [0, 0.1) is 0 Å². The first-order valence-electron chi connectivity index (χ1n) is 7.03. The highest BCUT2D eigenvalue weighted by Gasteiger charge is 2.20. The lowest BCUT2D eigenvalue weighted by Gasteiger charge is -2.13. The van der Waals surface area contributed by atoms with Gasteiger partial charge in [0.1, 0.15) is 12.0 Å². The van der Waals surface area contributed by atoms with E-state index in [1.165, 1.54) is 26.6 Å². The molecule has 0 fully saturated rings. The van der Waals surface area contributed by atoms with Crippen LogP contribution in [-0.4, -0.2) is 30.8 Å². The predicted molar refractivity (Wildman–Crippen MR) is 99.4 cm³/mol. The third kappa shape index (κ3) is 4.41. The lowest BCUT2D eigenvalue weighted by atomic mass is 10.1. The number of allylic oxidation sites excluding steroid dienone is 1. The van der Waals surface area contributed by atoms with Gasteiger partial charge in [0, 0.05) is 16.6 Å². The third-order valence-electron chi connectivity index (χ3n) is 3.36. The quantitative estimate of drug-likeness (QED) is 0.410. The van der Waals surface area contributed by atoms with Gasteiger partial charge >= 0.3 is 0 Å². The molecule has 0 amide bonds. The van der Waals surface area contributed by atoms with Crippen molar-refractivity contribution in [3.05, 3.63) is 58.1 Å². The van der Waals surface area contributed by atoms with Gasteiger partial charge in [-0.2, -0.15) is 0 Å². The number of hydrogen-bond donors (Lipinski definition) is 0. The zero-order chi connectivity index (χ0) is 17.7. The minimum absolute atomic E-state index is 0.232. The molecule has 0 aliphatic carbocycles. The zero-order valence-corrected chi connectivity index (χ0v) is 15.9. The number of rotatable bonds is 6. The van der Waals surface area contributed by atoms with Crippen molar-refractivity contribution in [3.63, 3.8) is 0 Å². The average molecular weight is 409 g/mol. The topological polar surface area (TPSA) is 58.6 Å². The third-order valence-corrected chi connectivity index (χ3v) is 4.83. The largest absolute Gasteiger partial charge is 0.612 e. The van der Waals surface area contributed by atoms with Crippen LogP contribution in [0.2, 0.25) is 0 Å². The first-order chi connectivity index (χ1) is 11.5. The maximum Gasteiger partial charge on any atom is 0.195 e. The molecule has 4 nitrogen and oxygen atoms in total. The molecule has 1 atom stereocenters. The van der Waals surface area contributed by atoms with E-state index < -0.39 is 11.2 Å². The van der Waals surface area contributed by atoms with E-state index in [0.29, 0.717) is 22.0 Å². The van der Waals surface area contributed by atoms with Crippen molar-refractivity contribution >= 4 is 39.0 Å². The molecule has 1 unspecified atom stereocenters. The number of benzene rings is 2. The summed E-state index contributed by atoms with van der Waals surface area (Å²) < 4.78 is 23.3. The number of ether oxygens (including phenoxy) is 2. The van der Waals surface area contributed by atoms with Crippen molar-refractivity contribution in [1.82, 2.24) is 0 Å². The summed E-state index contributed by atoms with van der Waals surface area (Å²) in [6, 6.07) is 10.7. The molecule has 2 aromatic rings. The van der Waals surface area contributed by atoms with Crippen molar-refractivity contribution in [3.8, 4) is 11.5 Å². The molecule has 0 saturated heterocycles. The van der Waals surface area contributed by atoms with Crippen LogP contribution in [0.4, 0.5) is 0 Å². The highest BCUT2D eigenvalue weighted by atomic mass is 79.9. The first-order valence-corrected chi connectivity index (χ1v) is 9.38. The molecule has 0 heterocycles. The number of ketones is 1. The Hall–Kier alpha value is -1.76. The molecule has 24 heavy (non-hydrogen) atoms. The van der Waals surface area contributed by atoms with Gasteiger partial charge in [0.2, 0.25) is 0 Å². The molecule has 2 rings (SSSR count). The Morgan fingerprint density at radius 1 is 1.12 bits per heavy atom. The number of methoxy groups -OCH3 is 2. The van der Waals surface area contributed by atoms with Crippen LogP contribution < -0.4 is 9.47 Å². The van der Waals surface area contributed by atoms with E-state index in [2.05, 4.69) is 15.9 Å². The van der Waals surface area contributed by atoms with Crippen LogP contribution in [0.25, 0.3) is 6.08 Å². The minimum atomic E-state index is -1.28. The summed E-state index contributed by atoms with van der Waals surface area (Å²) in [5.74, 6) is 0.580. The van der Waals surface area contributed by atoms with Gasteiger partial charge in [-0.25, -0.2) is 0 Å². The van der Waals surface area contributed by atoms with Gasteiger partial charge in [0.05, 0.1) is 19.8 Å². The molecule has 0 bridgehead atoms. The van der Waals surface area contributed by atoms with Gasteiger partial charge in [0.25, 0.3) is 0 Å². The van der Waals surface area contributed by atoms with Crippen molar-refractivity contribution < 1.29 is 18.8 Å². The van der Waals surface area contributed by atoms with Crippen molar-refractivity contribution in [1.29, 1.82) is 0 Å². The Morgan fingerprint density at radius 3 is 2.29 bits per heavy atom. The Morgan fingerprint density at radius 2 is 1.75 bits per heavy atom. The second-order valence-electron chi connectivity index (χ2n) is 4.91. The molecule has 0 aliphatic heterocycles. The molecule has 126 valence electrons. The number of hydrogen-bond acceptors (Lipinski definition) is 4. The van der Waals surface area contributed by atoms with Crippen molar-refractivity contribution in [2.45, 2.75) is 4.90 Å². The molecule has 0 saturated carbocycles. The Balaban J connectivity index is 2.37. The van der Waals surface area contributed by atoms with Crippen LogP contribution in [0.1, 0.15) is 15.9 Å². The van der Waals surface area contributed by atoms with E-state index in [9.17, 15) is 9.35 Å². The van der Waals surface area contributed by atoms with E-state index in [4.69, 9.17) is 9.47 Å². The minimum Gasteiger partial charge on any atom is -0.612 e.